The van der Waals surface area contributed by atoms with Gasteiger partial charge in [0, 0.05) is 23.0 Å². The van der Waals surface area contributed by atoms with Crippen LogP contribution in [0, 0.1) is 0 Å². The second-order valence-corrected chi connectivity index (χ2v) is 10.9. The summed E-state index contributed by atoms with van der Waals surface area (Å²) in [5.74, 6) is 5.38. The third-order valence-electron chi connectivity index (χ3n) is 3.28. The van der Waals surface area contributed by atoms with Crippen LogP contribution in [0.2, 0.25) is 0 Å². The summed E-state index contributed by atoms with van der Waals surface area (Å²) in [7, 11) is 8.36. The Morgan fingerprint density at radius 1 is 0.381 bits per heavy atom. The van der Waals surface area contributed by atoms with Gasteiger partial charge in [-0.25, -0.2) is 0 Å². The maximum atomic E-state index is 2.29. The molecule has 0 atom stereocenters. The fourth-order valence-electron chi connectivity index (χ4n) is 1.94. The Kier molecular flexibility index (Phi) is 22.8. The van der Waals surface area contributed by atoms with Crippen molar-refractivity contribution < 1.29 is 0 Å². The minimum atomic E-state index is 1.34. The van der Waals surface area contributed by atoms with E-state index in [9.17, 15) is 0 Å². The first kappa shape index (κ1) is 22.4. The van der Waals surface area contributed by atoms with Crippen molar-refractivity contribution in [3.63, 3.8) is 0 Å². The Hall–Kier alpha value is 1.40. The van der Waals surface area contributed by atoms with Gasteiger partial charge in [0.05, 0.1) is 0 Å². The van der Waals surface area contributed by atoms with E-state index in [-0.39, 0.29) is 0 Å². The second kappa shape index (κ2) is 21.4. The van der Waals surface area contributed by atoms with E-state index < -0.39 is 0 Å². The SMILES string of the molecule is CCCCCCCSSCCCSSCCCCCCC. The molecule has 0 fully saturated rings. The van der Waals surface area contributed by atoms with E-state index in [4.69, 9.17) is 0 Å². The molecule has 0 aliphatic carbocycles. The van der Waals surface area contributed by atoms with Crippen LogP contribution in [0.1, 0.15) is 84.5 Å². The van der Waals surface area contributed by atoms with Crippen molar-refractivity contribution >= 4 is 43.2 Å². The highest BCUT2D eigenvalue weighted by Crippen LogP contribution is 2.27. The molecule has 0 aromatic heterocycles. The number of hydrogen-bond donors (Lipinski definition) is 0. The van der Waals surface area contributed by atoms with Gasteiger partial charge in [0.15, 0.2) is 0 Å². The van der Waals surface area contributed by atoms with Crippen molar-refractivity contribution in [2.24, 2.45) is 0 Å². The molecule has 0 amide bonds. The van der Waals surface area contributed by atoms with Crippen LogP contribution in [-0.2, 0) is 0 Å². The third kappa shape index (κ3) is 21.4. The van der Waals surface area contributed by atoms with Crippen molar-refractivity contribution in [3.8, 4) is 0 Å². The minimum Gasteiger partial charge on any atom is -0.0942 e. The van der Waals surface area contributed by atoms with Gasteiger partial charge in [-0.15, -0.1) is 0 Å². The zero-order valence-electron chi connectivity index (χ0n) is 14.2. The summed E-state index contributed by atoms with van der Waals surface area (Å²) < 4.78 is 0. The van der Waals surface area contributed by atoms with E-state index in [0.717, 1.165) is 0 Å². The van der Waals surface area contributed by atoms with Gasteiger partial charge < -0.3 is 0 Å². The fraction of sp³-hybridized carbons (Fsp3) is 1.00. The molecule has 0 spiro atoms. The Labute approximate surface area is 150 Å². The van der Waals surface area contributed by atoms with E-state index in [1.54, 1.807) is 0 Å². The first-order valence-electron chi connectivity index (χ1n) is 8.90. The smallest absolute Gasteiger partial charge is 0.00450 e. The Morgan fingerprint density at radius 3 is 1.10 bits per heavy atom. The van der Waals surface area contributed by atoms with Crippen LogP contribution in [-0.4, -0.2) is 23.0 Å². The first-order valence-corrected chi connectivity index (χ1v) is 13.9. The monoisotopic (exact) mass is 368 g/mol. The normalized spacial score (nSPS) is 11.1. The molecule has 0 rings (SSSR count). The second-order valence-electron chi connectivity index (χ2n) is 5.47. The predicted octanol–water partition coefficient (Wildman–Crippen LogP) is 8.08. The molecule has 0 saturated carbocycles. The molecule has 0 radical (unpaired) electrons. The molecule has 0 aliphatic rings. The van der Waals surface area contributed by atoms with Crippen molar-refractivity contribution in [2.75, 3.05) is 23.0 Å². The summed E-state index contributed by atoms with van der Waals surface area (Å²) in [6.07, 6.45) is 15.5. The van der Waals surface area contributed by atoms with E-state index in [1.165, 1.54) is 93.6 Å². The van der Waals surface area contributed by atoms with Gasteiger partial charge >= 0.3 is 0 Å². The highest BCUT2D eigenvalue weighted by atomic mass is 33.1. The quantitative estimate of drug-likeness (QED) is 0.177. The minimum absolute atomic E-state index is 1.34. The predicted molar refractivity (Wildman–Crippen MR) is 112 cm³/mol. The maximum Gasteiger partial charge on any atom is 0.00450 e. The van der Waals surface area contributed by atoms with Gasteiger partial charge in [0.25, 0.3) is 0 Å². The molecule has 0 saturated heterocycles. The molecular formula is C17H36S4. The zero-order valence-corrected chi connectivity index (χ0v) is 17.5. The summed E-state index contributed by atoms with van der Waals surface area (Å²) in [5.41, 5.74) is 0. The van der Waals surface area contributed by atoms with E-state index in [0.29, 0.717) is 0 Å². The Bertz CT molecular complexity index is 158. The van der Waals surface area contributed by atoms with Crippen LogP contribution in [0.25, 0.3) is 0 Å². The maximum absolute atomic E-state index is 2.29. The Morgan fingerprint density at radius 2 is 0.714 bits per heavy atom. The molecule has 21 heavy (non-hydrogen) atoms. The van der Waals surface area contributed by atoms with Crippen LogP contribution >= 0.6 is 43.2 Å². The average molecular weight is 369 g/mol. The van der Waals surface area contributed by atoms with Gasteiger partial charge in [0.1, 0.15) is 0 Å². The molecule has 0 aromatic carbocycles. The number of hydrogen-bond acceptors (Lipinski definition) is 4. The first-order chi connectivity index (χ1) is 10.4. The Balaban J connectivity index is 2.90. The van der Waals surface area contributed by atoms with E-state index in [1.807, 2.05) is 0 Å². The summed E-state index contributed by atoms with van der Waals surface area (Å²) in [6.45, 7) is 4.57. The van der Waals surface area contributed by atoms with Crippen LogP contribution in [0.4, 0.5) is 0 Å². The van der Waals surface area contributed by atoms with Crippen molar-refractivity contribution in [1.29, 1.82) is 0 Å². The van der Waals surface area contributed by atoms with Gasteiger partial charge in [-0.2, -0.15) is 0 Å². The zero-order chi connectivity index (χ0) is 15.4. The standard InChI is InChI=1S/C17H36S4/c1-3-5-7-9-11-14-18-20-16-13-17-21-19-15-12-10-8-6-4-2/h3-17H2,1-2H3. The lowest BCUT2D eigenvalue weighted by Gasteiger charge is -2.03. The molecule has 4 heteroatoms. The molecule has 0 unspecified atom stereocenters. The fourth-order valence-corrected chi connectivity index (χ4v) is 6.59. The molecule has 128 valence electrons. The molecule has 0 aliphatic heterocycles. The van der Waals surface area contributed by atoms with Crippen LogP contribution in [0.5, 0.6) is 0 Å². The topological polar surface area (TPSA) is 0 Å². The van der Waals surface area contributed by atoms with Gasteiger partial charge in [-0.1, -0.05) is 108 Å². The van der Waals surface area contributed by atoms with Crippen LogP contribution < -0.4 is 0 Å². The van der Waals surface area contributed by atoms with Gasteiger partial charge in [0.2, 0.25) is 0 Å². The third-order valence-corrected chi connectivity index (χ3v) is 8.44. The lowest BCUT2D eigenvalue weighted by Crippen LogP contribution is -1.84. The lowest BCUT2D eigenvalue weighted by molar-refractivity contribution is 0.660. The lowest BCUT2D eigenvalue weighted by atomic mass is 10.2. The van der Waals surface area contributed by atoms with Crippen molar-refractivity contribution in [2.45, 2.75) is 84.5 Å². The highest BCUT2D eigenvalue weighted by molar-refractivity contribution is 8.77. The molecule has 0 nitrogen and oxygen atoms in total. The molecular weight excluding hydrogens is 332 g/mol. The molecule has 0 N–H and O–H groups in total. The van der Waals surface area contributed by atoms with Gasteiger partial charge in [-0.05, 0) is 19.3 Å². The molecule has 0 bridgehead atoms. The number of unbranched alkanes of at least 4 members (excludes halogenated alkanes) is 8. The van der Waals surface area contributed by atoms with Crippen molar-refractivity contribution in [3.05, 3.63) is 0 Å². The summed E-state index contributed by atoms with van der Waals surface area (Å²) >= 11 is 0. The largest absolute Gasteiger partial charge is 0.0942 e. The van der Waals surface area contributed by atoms with E-state index >= 15 is 0 Å². The summed E-state index contributed by atoms with van der Waals surface area (Å²) in [4.78, 5) is 0. The molecule has 0 aromatic rings. The van der Waals surface area contributed by atoms with Gasteiger partial charge in [-0.3, -0.25) is 0 Å². The van der Waals surface area contributed by atoms with Crippen molar-refractivity contribution in [1.82, 2.24) is 0 Å². The van der Waals surface area contributed by atoms with Crippen LogP contribution in [0.15, 0.2) is 0 Å². The van der Waals surface area contributed by atoms with E-state index in [2.05, 4.69) is 57.0 Å². The number of rotatable bonds is 18. The molecule has 0 heterocycles. The van der Waals surface area contributed by atoms with Crippen LogP contribution in [0.3, 0.4) is 0 Å². The highest BCUT2D eigenvalue weighted by Gasteiger charge is 1.95. The average Bonchev–Trinajstić information content (AvgIpc) is 2.50. The summed E-state index contributed by atoms with van der Waals surface area (Å²) in [6, 6.07) is 0. The summed E-state index contributed by atoms with van der Waals surface area (Å²) in [5, 5.41) is 0.